The minimum atomic E-state index is -0.836. The third-order valence-corrected chi connectivity index (χ3v) is 3.76. The van der Waals surface area contributed by atoms with Crippen LogP contribution in [0.1, 0.15) is 12.8 Å². The molecule has 0 radical (unpaired) electrons. The van der Waals surface area contributed by atoms with Crippen LogP contribution in [-0.2, 0) is 9.59 Å². The molecule has 0 aromatic rings. The molecule has 1 unspecified atom stereocenters. The van der Waals surface area contributed by atoms with Gasteiger partial charge in [0.15, 0.2) is 0 Å². The van der Waals surface area contributed by atoms with Gasteiger partial charge >= 0.3 is 5.97 Å². The summed E-state index contributed by atoms with van der Waals surface area (Å²) in [5, 5.41) is 19.8. The van der Waals surface area contributed by atoms with Crippen LogP contribution in [0.4, 0.5) is 0 Å². The maximum absolute atomic E-state index is 11.6. The number of carbonyl (C=O) groups excluding carboxylic acids is 1. The number of carboxylic acids is 1. The Morgan fingerprint density at radius 1 is 1.56 bits per heavy atom. The van der Waals surface area contributed by atoms with E-state index in [1.165, 1.54) is 0 Å². The number of nitrogens with one attached hydrogen (secondary N) is 1. The van der Waals surface area contributed by atoms with Crippen LogP contribution in [0.25, 0.3) is 0 Å². The molecule has 1 aliphatic rings. The summed E-state index contributed by atoms with van der Waals surface area (Å²) in [5.74, 6) is 0.684. The lowest BCUT2D eigenvalue weighted by Crippen LogP contribution is -2.48. The number of carboxylic acid groups (broad SMARTS) is 1. The Labute approximate surface area is 110 Å². The highest BCUT2D eigenvalue weighted by Gasteiger charge is 2.26. The van der Waals surface area contributed by atoms with E-state index < -0.39 is 5.97 Å². The number of nitriles is 1. The second-order valence-electron chi connectivity index (χ2n) is 4.06. The third-order valence-electron chi connectivity index (χ3n) is 2.67. The molecular weight excluding hydrogens is 254 g/mol. The molecule has 2 N–H and O–H groups in total. The summed E-state index contributed by atoms with van der Waals surface area (Å²) >= 11 is 1.72. The molecule has 1 aliphatic heterocycles. The predicted molar refractivity (Wildman–Crippen MR) is 68.2 cm³/mol. The molecule has 0 aromatic carbocycles. The van der Waals surface area contributed by atoms with Crippen LogP contribution in [0.2, 0.25) is 0 Å². The first kappa shape index (κ1) is 14.8. The van der Waals surface area contributed by atoms with E-state index in [1.54, 1.807) is 11.8 Å². The molecule has 6 nitrogen and oxygen atoms in total. The van der Waals surface area contributed by atoms with Crippen molar-refractivity contribution in [2.24, 2.45) is 0 Å². The van der Waals surface area contributed by atoms with Crippen LogP contribution in [0.5, 0.6) is 0 Å². The van der Waals surface area contributed by atoms with E-state index in [-0.39, 0.29) is 24.9 Å². The number of nitrogens with zero attached hydrogens (tertiary/aromatic N) is 2. The molecule has 1 rings (SSSR count). The van der Waals surface area contributed by atoms with Crippen molar-refractivity contribution >= 4 is 23.6 Å². The SMILES string of the molecule is N#CCCNC(=O)CN1CCSCC1CC(=O)O. The fourth-order valence-corrected chi connectivity index (χ4v) is 2.92. The molecular formula is C11H17N3O3S. The summed E-state index contributed by atoms with van der Waals surface area (Å²) in [6, 6.07) is 1.87. The summed E-state index contributed by atoms with van der Waals surface area (Å²) in [6.45, 7) is 1.29. The molecule has 0 bridgehead atoms. The minimum absolute atomic E-state index is 0.0679. The van der Waals surface area contributed by atoms with Gasteiger partial charge in [-0.2, -0.15) is 17.0 Å². The van der Waals surface area contributed by atoms with Gasteiger partial charge in [0.2, 0.25) is 5.91 Å². The molecule has 1 amide bonds. The van der Waals surface area contributed by atoms with Gasteiger partial charge in [0.1, 0.15) is 0 Å². The smallest absolute Gasteiger partial charge is 0.304 e. The first-order valence-electron chi connectivity index (χ1n) is 5.80. The van der Waals surface area contributed by atoms with E-state index in [0.717, 1.165) is 18.1 Å². The van der Waals surface area contributed by atoms with Gasteiger partial charge < -0.3 is 10.4 Å². The van der Waals surface area contributed by atoms with Crippen molar-refractivity contribution in [3.8, 4) is 6.07 Å². The van der Waals surface area contributed by atoms with Crippen molar-refractivity contribution in [2.45, 2.75) is 18.9 Å². The van der Waals surface area contributed by atoms with Crippen LogP contribution < -0.4 is 5.32 Å². The van der Waals surface area contributed by atoms with E-state index in [0.29, 0.717) is 13.0 Å². The second kappa shape index (κ2) is 7.95. The average Bonchev–Trinajstić information content (AvgIpc) is 2.31. The highest BCUT2D eigenvalue weighted by molar-refractivity contribution is 7.99. The molecule has 1 atom stereocenters. The van der Waals surface area contributed by atoms with Gasteiger partial charge in [0.25, 0.3) is 0 Å². The van der Waals surface area contributed by atoms with E-state index in [4.69, 9.17) is 10.4 Å². The normalized spacial score (nSPS) is 20.1. The quantitative estimate of drug-likeness (QED) is 0.656. The van der Waals surface area contributed by atoms with Gasteiger partial charge in [-0.15, -0.1) is 0 Å². The fraction of sp³-hybridized carbons (Fsp3) is 0.727. The number of thioether (sulfide) groups is 1. The molecule has 1 heterocycles. The van der Waals surface area contributed by atoms with Crippen molar-refractivity contribution in [1.82, 2.24) is 10.2 Å². The maximum Gasteiger partial charge on any atom is 0.304 e. The molecule has 0 aromatic heterocycles. The van der Waals surface area contributed by atoms with Gasteiger partial charge in [-0.3, -0.25) is 14.5 Å². The largest absolute Gasteiger partial charge is 0.481 e. The Morgan fingerprint density at radius 3 is 3.00 bits per heavy atom. The topological polar surface area (TPSA) is 93.4 Å². The Kier molecular flexibility index (Phi) is 6.54. The van der Waals surface area contributed by atoms with Gasteiger partial charge in [-0.25, -0.2) is 0 Å². The van der Waals surface area contributed by atoms with Crippen LogP contribution >= 0.6 is 11.8 Å². The minimum Gasteiger partial charge on any atom is -0.481 e. The zero-order chi connectivity index (χ0) is 13.4. The lowest BCUT2D eigenvalue weighted by Gasteiger charge is -2.33. The van der Waals surface area contributed by atoms with E-state index in [9.17, 15) is 9.59 Å². The van der Waals surface area contributed by atoms with Crippen molar-refractivity contribution in [3.63, 3.8) is 0 Å². The Hall–Kier alpha value is -1.26. The number of carbonyl (C=O) groups is 2. The van der Waals surface area contributed by atoms with Gasteiger partial charge in [0, 0.05) is 30.6 Å². The van der Waals surface area contributed by atoms with Crippen molar-refractivity contribution in [3.05, 3.63) is 0 Å². The second-order valence-corrected chi connectivity index (χ2v) is 5.20. The molecule has 7 heteroatoms. The van der Waals surface area contributed by atoms with Gasteiger partial charge in [0.05, 0.1) is 25.5 Å². The van der Waals surface area contributed by atoms with Crippen LogP contribution in [0.3, 0.4) is 0 Å². The number of hydrogen-bond acceptors (Lipinski definition) is 5. The first-order chi connectivity index (χ1) is 8.63. The maximum atomic E-state index is 11.6. The standard InChI is InChI=1S/C11H17N3O3S/c12-2-1-3-13-10(15)7-14-4-5-18-8-9(14)6-11(16)17/h9H,1,3-8H2,(H,13,15)(H,16,17). The number of hydrogen-bond donors (Lipinski definition) is 2. The Bertz CT molecular complexity index is 343. The fourth-order valence-electron chi connectivity index (χ4n) is 1.79. The molecule has 1 saturated heterocycles. The van der Waals surface area contributed by atoms with Crippen LogP contribution in [0, 0.1) is 11.3 Å². The highest BCUT2D eigenvalue weighted by Crippen LogP contribution is 2.18. The lowest BCUT2D eigenvalue weighted by atomic mass is 10.2. The van der Waals surface area contributed by atoms with E-state index >= 15 is 0 Å². The summed E-state index contributed by atoms with van der Waals surface area (Å²) in [6.07, 6.45) is 0.360. The average molecular weight is 271 g/mol. The summed E-state index contributed by atoms with van der Waals surface area (Å²) in [4.78, 5) is 24.2. The molecule has 0 aliphatic carbocycles. The van der Waals surface area contributed by atoms with Crippen LogP contribution in [0.15, 0.2) is 0 Å². The Balaban J connectivity index is 2.39. The van der Waals surface area contributed by atoms with Crippen molar-refractivity contribution in [1.29, 1.82) is 5.26 Å². The molecule has 0 spiro atoms. The number of rotatable bonds is 6. The molecule has 18 heavy (non-hydrogen) atoms. The number of amides is 1. The van der Waals surface area contributed by atoms with Crippen LogP contribution in [-0.4, -0.2) is 59.1 Å². The van der Waals surface area contributed by atoms with Gasteiger partial charge in [-0.1, -0.05) is 0 Å². The molecule has 100 valence electrons. The predicted octanol–water partition coefficient (Wildman–Crippen LogP) is -0.0916. The Morgan fingerprint density at radius 2 is 2.33 bits per heavy atom. The monoisotopic (exact) mass is 271 g/mol. The summed E-state index contributed by atoms with van der Waals surface area (Å²) in [7, 11) is 0. The molecule has 0 saturated carbocycles. The van der Waals surface area contributed by atoms with E-state index in [2.05, 4.69) is 5.32 Å². The summed E-state index contributed by atoms with van der Waals surface area (Å²) < 4.78 is 0. The van der Waals surface area contributed by atoms with Gasteiger partial charge in [-0.05, 0) is 0 Å². The molecule has 1 fully saturated rings. The van der Waals surface area contributed by atoms with Crippen molar-refractivity contribution < 1.29 is 14.7 Å². The first-order valence-corrected chi connectivity index (χ1v) is 6.96. The zero-order valence-electron chi connectivity index (χ0n) is 10.1. The lowest BCUT2D eigenvalue weighted by molar-refractivity contribution is -0.138. The zero-order valence-corrected chi connectivity index (χ0v) is 10.9. The summed E-state index contributed by atoms with van der Waals surface area (Å²) in [5.41, 5.74) is 0. The van der Waals surface area contributed by atoms with E-state index in [1.807, 2.05) is 11.0 Å². The van der Waals surface area contributed by atoms with Crippen molar-refractivity contribution in [2.75, 3.05) is 31.1 Å². The number of aliphatic carboxylic acids is 1. The highest BCUT2D eigenvalue weighted by atomic mass is 32.2. The third kappa shape index (κ3) is 5.38.